The van der Waals surface area contributed by atoms with E-state index in [0.29, 0.717) is 16.0 Å². The van der Waals surface area contributed by atoms with Crippen molar-refractivity contribution in [2.24, 2.45) is 5.84 Å². The van der Waals surface area contributed by atoms with E-state index in [1.807, 2.05) is 12.1 Å². The SMILES string of the molecule is NNc1nc2ccccc2c(=O)s1. The molecule has 0 saturated carbocycles. The van der Waals surface area contributed by atoms with E-state index in [4.69, 9.17) is 5.84 Å². The first kappa shape index (κ1) is 8.15. The number of nitrogens with zero attached hydrogens (tertiary/aromatic N) is 1. The molecule has 0 atom stereocenters. The van der Waals surface area contributed by atoms with Crippen LogP contribution in [-0.4, -0.2) is 4.98 Å². The number of para-hydroxylation sites is 1. The van der Waals surface area contributed by atoms with Crippen molar-refractivity contribution in [3.8, 4) is 0 Å². The number of rotatable bonds is 1. The number of nitrogen functional groups attached to an aromatic ring is 1. The Hall–Kier alpha value is -1.46. The highest BCUT2D eigenvalue weighted by Gasteiger charge is 2.01. The highest BCUT2D eigenvalue weighted by Crippen LogP contribution is 2.12. The molecule has 13 heavy (non-hydrogen) atoms. The van der Waals surface area contributed by atoms with Gasteiger partial charge in [-0.15, -0.1) is 0 Å². The average molecular weight is 193 g/mol. The fourth-order valence-corrected chi connectivity index (χ4v) is 1.74. The van der Waals surface area contributed by atoms with Gasteiger partial charge in [0, 0.05) is 0 Å². The number of nitrogens with one attached hydrogen (secondary N) is 1. The minimum atomic E-state index is -0.0291. The Morgan fingerprint density at radius 2 is 2.15 bits per heavy atom. The smallest absolute Gasteiger partial charge is 0.245 e. The minimum Gasteiger partial charge on any atom is -0.300 e. The van der Waals surface area contributed by atoms with Crippen molar-refractivity contribution in [2.45, 2.75) is 0 Å². The quantitative estimate of drug-likeness (QED) is 0.522. The van der Waals surface area contributed by atoms with Gasteiger partial charge in [-0.3, -0.25) is 10.2 Å². The fraction of sp³-hybridized carbons (Fsp3) is 0. The van der Waals surface area contributed by atoms with Gasteiger partial charge >= 0.3 is 0 Å². The number of hydrazine groups is 1. The second kappa shape index (κ2) is 3.12. The summed E-state index contributed by atoms with van der Waals surface area (Å²) in [4.78, 5) is 15.6. The van der Waals surface area contributed by atoms with Crippen LogP contribution < -0.4 is 16.0 Å². The van der Waals surface area contributed by atoms with E-state index >= 15 is 0 Å². The lowest BCUT2D eigenvalue weighted by atomic mass is 10.3. The maximum Gasteiger partial charge on any atom is 0.245 e. The highest BCUT2D eigenvalue weighted by molar-refractivity contribution is 7.13. The van der Waals surface area contributed by atoms with Crippen molar-refractivity contribution in [3.63, 3.8) is 0 Å². The molecule has 1 aromatic carbocycles. The van der Waals surface area contributed by atoms with E-state index in [1.165, 1.54) is 0 Å². The number of anilines is 1. The summed E-state index contributed by atoms with van der Waals surface area (Å²) in [6.07, 6.45) is 0. The lowest BCUT2D eigenvalue weighted by Crippen LogP contribution is -2.10. The summed E-state index contributed by atoms with van der Waals surface area (Å²) in [5, 5.41) is 1.07. The molecule has 3 N–H and O–H groups in total. The van der Waals surface area contributed by atoms with Crippen LogP contribution in [0.3, 0.4) is 0 Å². The summed E-state index contributed by atoms with van der Waals surface area (Å²) in [7, 11) is 0. The van der Waals surface area contributed by atoms with E-state index in [2.05, 4.69) is 10.4 Å². The van der Waals surface area contributed by atoms with Crippen molar-refractivity contribution in [2.75, 3.05) is 5.43 Å². The molecule has 0 spiro atoms. The van der Waals surface area contributed by atoms with E-state index in [9.17, 15) is 4.79 Å². The minimum absolute atomic E-state index is 0.0291. The molecule has 2 rings (SSSR count). The number of fused-ring (bicyclic) bond motifs is 1. The van der Waals surface area contributed by atoms with Gasteiger partial charge in [0.25, 0.3) is 0 Å². The van der Waals surface area contributed by atoms with Crippen LogP contribution in [0.25, 0.3) is 10.9 Å². The zero-order chi connectivity index (χ0) is 9.26. The van der Waals surface area contributed by atoms with Gasteiger partial charge in [0.15, 0.2) is 0 Å². The van der Waals surface area contributed by atoms with E-state index in [-0.39, 0.29) is 4.74 Å². The van der Waals surface area contributed by atoms with Crippen LogP contribution in [0.2, 0.25) is 0 Å². The molecule has 0 amide bonds. The third-order valence-corrected chi connectivity index (χ3v) is 2.47. The topological polar surface area (TPSA) is 68.0 Å². The van der Waals surface area contributed by atoms with Gasteiger partial charge in [-0.1, -0.05) is 23.5 Å². The van der Waals surface area contributed by atoms with Crippen molar-refractivity contribution in [3.05, 3.63) is 33.8 Å². The maximum atomic E-state index is 11.4. The van der Waals surface area contributed by atoms with Crippen LogP contribution in [0.4, 0.5) is 5.13 Å². The number of aromatic nitrogens is 1. The van der Waals surface area contributed by atoms with Crippen LogP contribution in [0.15, 0.2) is 29.1 Å². The van der Waals surface area contributed by atoms with Gasteiger partial charge in [-0.25, -0.2) is 10.8 Å². The lowest BCUT2D eigenvalue weighted by molar-refractivity contribution is 1.30. The van der Waals surface area contributed by atoms with Crippen LogP contribution in [0, 0.1) is 0 Å². The summed E-state index contributed by atoms with van der Waals surface area (Å²) in [5.41, 5.74) is 3.03. The Kier molecular flexibility index (Phi) is 1.96. The Morgan fingerprint density at radius 1 is 1.38 bits per heavy atom. The Balaban J connectivity index is 2.85. The molecule has 5 heteroatoms. The van der Waals surface area contributed by atoms with Gasteiger partial charge in [-0.2, -0.15) is 0 Å². The standard InChI is InChI=1S/C8H7N3OS/c9-11-8-10-6-4-2-1-3-5(6)7(12)13-8/h1-4H,9H2,(H,10,11). The molecule has 0 saturated heterocycles. The highest BCUT2D eigenvalue weighted by atomic mass is 32.1. The fourth-order valence-electron chi connectivity index (χ4n) is 1.08. The van der Waals surface area contributed by atoms with Crippen molar-refractivity contribution in [1.29, 1.82) is 0 Å². The predicted octanol–water partition coefficient (Wildman–Crippen LogP) is 0.942. The third-order valence-electron chi connectivity index (χ3n) is 1.66. The molecule has 0 bridgehead atoms. The molecule has 0 aliphatic carbocycles. The molecule has 1 aromatic heterocycles. The molecular weight excluding hydrogens is 186 g/mol. The van der Waals surface area contributed by atoms with Crippen molar-refractivity contribution in [1.82, 2.24) is 4.98 Å². The predicted molar refractivity (Wildman–Crippen MR) is 53.7 cm³/mol. The normalized spacial score (nSPS) is 10.2. The Labute approximate surface area is 78.0 Å². The zero-order valence-electron chi connectivity index (χ0n) is 6.65. The summed E-state index contributed by atoms with van der Waals surface area (Å²) in [6, 6.07) is 7.18. The maximum absolute atomic E-state index is 11.4. The summed E-state index contributed by atoms with van der Waals surface area (Å²) < 4.78 is -0.0291. The number of hydrogen-bond acceptors (Lipinski definition) is 5. The molecule has 0 radical (unpaired) electrons. The second-order valence-corrected chi connectivity index (χ2v) is 3.43. The van der Waals surface area contributed by atoms with Crippen LogP contribution >= 0.6 is 11.3 Å². The first-order valence-corrected chi connectivity index (χ1v) is 4.49. The van der Waals surface area contributed by atoms with E-state index in [0.717, 1.165) is 11.3 Å². The van der Waals surface area contributed by atoms with E-state index < -0.39 is 0 Å². The third kappa shape index (κ3) is 1.39. The van der Waals surface area contributed by atoms with Gasteiger partial charge in [0.2, 0.25) is 9.87 Å². The number of nitrogens with two attached hydrogens (primary N) is 1. The molecule has 0 aliphatic heterocycles. The molecule has 2 aromatic rings. The monoisotopic (exact) mass is 193 g/mol. The first-order valence-electron chi connectivity index (χ1n) is 3.68. The molecule has 0 fully saturated rings. The summed E-state index contributed by atoms with van der Waals surface area (Å²) in [5.74, 6) is 5.17. The van der Waals surface area contributed by atoms with Crippen LogP contribution in [-0.2, 0) is 0 Å². The molecule has 1 heterocycles. The lowest BCUT2D eigenvalue weighted by Gasteiger charge is -1.98. The van der Waals surface area contributed by atoms with Crippen LogP contribution in [0.5, 0.6) is 0 Å². The summed E-state index contributed by atoms with van der Waals surface area (Å²) in [6.45, 7) is 0. The Bertz CT molecular complexity index is 494. The second-order valence-electron chi connectivity index (χ2n) is 2.47. The van der Waals surface area contributed by atoms with Gasteiger partial charge in [0.1, 0.15) is 0 Å². The number of benzene rings is 1. The Morgan fingerprint density at radius 3 is 2.92 bits per heavy atom. The molecular formula is C8H7N3OS. The molecule has 4 nitrogen and oxygen atoms in total. The molecule has 0 unspecified atom stereocenters. The van der Waals surface area contributed by atoms with Gasteiger partial charge < -0.3 is 0 Å². The van der Waals surface area contributed by atoms with Crippen molar-refractivity contribution < 1.29 is 0 Å². The molecule has 0 aliphatic rings. The number of hydrogen-bond donors (Lipinski definition) is 2. The van der Waals surface area contributed by atoms with Gasteiger partial charge in [-0.05, 0) is 12.1 Å². The van der Waals surface area contributed by atoms with Gasteiger partial charge in [0.05, 0.1) is 10.9 Å². The largest absolute Gasteiger partial charge is 0.300 e. The average Bonchev–Trinajstić information content (AvgIpc) is 2.18. The first-order chi connectivity index (χ1) is 6.31. The van der Waals surface area contributed by atoms with Crippen LogP contribution in [0.1, 0.15) is 0 Å². The van der Waals surface area contributed by atoms with E-state index in [1.54, 1.807) is 12.1 Å². The summed E-state index contributed by atoms with van der Waals surface area (Å²) >= 11 is 1.00. The zero-order valence-corrected chi connectivity index (χ0v) is 7.47. The molecule has 66 valence electrons. The van der Waals surface area contributed by atoms with Crippen molar-refractivity contribution >= 4 is 27.4 Å².